The van der Waals surface area contributed by atoms with E-state index in [1.807, 2.05) is 6.92 Å². The summed E-state index contributed by atoms with van der Waals surface area (Å²) >= 11 is 0. The Morgan fingerprint density at radius 1 is 1.44 bits per heavy atom. The van der Waals surface area contributed by atoms with E-state index < -0.39 is 8.80 Å². The van der Waals surface area contributed by atoms with Gasteiger partial charge in [-0.2, -0.15) is 0 Å². The molecule has 0 radical (unpaired) electrons. The lowest BCUT2D eigenvalue weighted by atomic mass is 10.2. The maximum absolute atomic E-state index is 10.7. The molecule has 9 heavy (non-hydrogen) atoms. The summed E-state index contributed by atoms with van der Waals surface area (Å²) in [5.74, 6) is 0.427. The average molecular weight is 144 g/mol. The van der Waals surface area contributed by atoms with Crippen molar-refractivity contribution >= 4 is 14.6 Å². The predicted molar refractivity (Wildman–Crippen MR) is 43.6 cm³/mol. The molecule has 0 spiro atoms. The molecule has 0 aromatic heterocycles. The summed E-state index contributed by atoms with van der Waals surface area (Å²) in [5.41, 5.74) is 0. The van der Waals surface area contributed by atoms with E-state index in [0.717, 1.165) is 12.8 Å². The lowest BCUT2D eigenvalue weighted by molar-refractivity contribution is -0.118. The van der Waals surface area contributed by atoms with Crippen molar-refractivity contribution in [2.75, 3.05) is 0 Å². The van der Waals surface area contributed by atoms with Gasteiger partial charge in [-0.1, -0.05) is 26.1 Å². The van der Waals surface area contributed by atoms with E-state index in [1.54, 1.807) is 0 Å². The molecule has 0 N–H and O–H groups in total. The quantitative estimate of drug-likeness (QED) is 0.550. The Morgan fingerprint density at radius 3 is 2.33 bits per heavy atom. The average Bonchev–Trinajstić information content (AvgIpc) is 1.83. The first-order valence-corrected chi connectivity index (χ1v) is 6.81. The van der Waals surface area contributed by atoms with Crippen molar-refractivity contribution in [3.63, 3.8) is 0 Å². The summed E-state index contributed by atoms with van der Waals surface area (Å²) in [6, 6.07) is 1.19. The summed E-state index contributed by atoms with van der Waals surface area (Å²) in [4.78, 5) is 10.7. The Morgan fingerprint density at radius 2 is 2.00 bits per heavy atom. The molecule has 0 amide bonds. The van der Waals surface area contributed by atoms with Gasteiger partial charge in [0.2, 0.25) is 0 Å². The van der Waals surface area contributed by atoms with Gasteiger partial charge >= 0.3 is 0 Å². The Labute approximate surface area is 59.1 Å². The van der Waals surface area contributed by atoms with Gasteiger partial charge in [0.15, 0.2) is 0 Å². The van der Waals surface area contributed by atoms with E-state index in [-0.39, 0.29) is 0 Å². The van der Waals surface area contributed by atoms with Gasteiger partial charge in [0.05, 0.1) is 0 Å². The molecule has 0 atom stereocenters. The second kappa shape index (κ2) is 4.74. The van der Waals surface area contributed by atoms with Crippen LogP contribution in [0.15, 0.2) is 0 Å². The van der Waals surface area contributed by atoms with Gasteiger partial charge in [-0.05, 0) is 0 Å². The molecule has 2 heteroatoms. The van der Waals surface area contributed by atoms with Crippen molar-refractivity contribution in [1.82, 2.24) is 0 Å². The highest BCUT2D eigenvalue weighted by Gasteiger charge is 2.00. The molecule has 54 valence electrons. The SMILES string of the molecule is CCC(=O)CC[SiH](C)C. The van der Waals surface area contributed by atoms with Crippen LogP contribution in [0.5, 0.6) is 0 Å². The number of carbonyl (C=O) groups excluding carboxylic acids is 1. The van der Waals surface area contributed by atoms with E-state index >= 15 is 0 Å². The zero-order valence-electron chi connectivity index (χ0n) is 6.61. The number of ketones is 1. The van der Waals surface area contributed by atoms with Crippen LogP contribution in [0.4, 0.5) is 0 Å². The fraction of sp³-hybridized carbons (Fsp3) is 0.857. The molecule has 0 aliphatic carbocycles. The molecule has 0 saturated carbocycles. The van der Waals surface area contributed by atoms with E-state index in [4.69, 9.17) is 0 Å². The van der Waals surface area contributed by atoms with Gasteiger partial charge in [0.25, 0.3) is 0 Å². The topological polar surface area (TPSA) is 17.1 Å². The molecular formula is C7H16OSi. The lowest BCUT2D eigenvalue weighted by Crippen LogP contribution is -2.03. The normalized spacial score (nSPS) is 10.2. The second-order valence-electron chi connectivity index (χ2n) is 2.82. The van der Waals surface area contributed by atoms with E-state index in [2.05, 4.69) is 13.1 Å². The molecule has 1 nitrogen and oxygen atoms in total. The Hall–Kier alpha value is -0.113. The van der Waals surface area contributed by atoms with Gasteiger partial charge < -0.3 is 0 Å². The maximum Gasteiger partial charge on any atom is 0.132 e. The third kappa shape index (κ3) is 5.76. The van der Waals surface area contributed by atoms with Crippen molar-refractivity contribution in [2.24, 2.45) is 0 Å². The van der Waals surface area contributed by atoms with Crippen molar-refractivity contribution in [3.8, 4) is 0 Å². The van der Waals surface area contributed by atoms with Crippen LogP contribution in [-0.4, -0.2) is 14.6 Å². The van der Waals surface area contributed by atoms with Crippen LogP contribution in [0.3, 0.4) is 0 Å². The fourth-order valence-corrected chi connectivity index (χ4v) is 1.53. The highest BCUT2D eigenvalue weighted by molar-refractivity contribution is 6.55. The monoisotopic (exact) mass is 144 g/mol. The van der Waals surface area contributed by atoms with Crippen LogP contribution < -0.4 is 0 Å². The Bertz CT molecular complexity index is 88.9. The van der Waals surface area contributed by atoms with E-state index in [1.165, 1.54) is 6.04 Å². The van der Waals surface area contributed by atoms with Gasteiger partial charge in [-0.3, -0.25) is 4.79 Å². The summed E-state index contributed by atoms with van der Waals surface area (Å²) < 4.78 is 0. The van der Waals surface area contributed by atoms with Crippen molar-refractivity contribution in [3.05, 3.63) is 0 Å². The van der Waals surface area contributed by atoms with E-state index in [9.17, 15) is 4.79 Å². The molecule has 0 fully saturated rings. The van der Waals surface area contributed by atoms with E-state index in [0.29, 0.717) is 5.78 Å². The number of hydrogen-bond acceptors (Lipinski definition) is 1. The van der Waals surface area contributed by atoms with Crippen LogP contribution in [0.2, 0.25) is 19.1 Å². The molecule has 0 aromatic carbocycles. The number of rotatable bonds is 4. The minimum absolute atomic E-state index is 0.427. The van der Waals surface area contributed by atoms with Gasteiger partial charge in [0, 0.05) is 21.6 Å². The molecule has 0 rings (SSSR count). The number of Topliss-reactive ketones (excluding diaryl/α,β-unsaturated/α-hetero) is 1. The van der Waals surface area contributed by atoms with Gasteiger partial charge in [-0.25, -0.2) is 0 Å². The summed E-state index contributed by atoms with van der Waals surface area (Å²) in [6.07, 6.45) is 1.56. The van der Waals surface area contributed by atoms with Gasteiger partial charge in [-0.15, -0.1) is 0 Å². The first kappa shape index (κ1) is 8.89. The molecule has 0 aliphatic heterocycles. The van der Waals surface area contributed by atoms with Crippen LogP contribution >= 0.6 is 0 Å². The number of carbonyl (C=O) groups is 1. The van der Waals surface area contributed by atoms with Crippen LogP contribution in [0.1, 0.15) is 19.8 Å². The number of hydrogen-bond donors (Lipinski definition) is 0. The third-order valence-corrected chi connectivity index (χ3v) is 2.84. The molecular weight excluding hydrogens is 128 g/mol. The minimum atomic E-state index is -0.461. The molecule has 0 aromatic rings. The maximum atomic E-state index is 10.7. The summed E-state index contributed by atoms with van der Waals surface area (Å²) in [5, 5.41) is 0. The summed E-state index contributed by atoms with van der Waals surface area (Å²) in [7, 11) is -0.461. The third-order valence-electron chi connectivity index (χ3n) is 1.39. The highest BCUT2D eigenvalue weighted by Crippen LogP contribution is 1.99. The molecule has 0 saturated heterocycles. The largest absolute Gasteiger partial charge is 0.300 e. The van der Waals surface area contributed by atoms with Crippen molar-refractivity contribution in [2.45, 2.75) is 38.9 Å². The zero-order chi connectivity index (χ0) is 7.28. The first-order valence-electron chi connectivity index (χ1n) is 3.68. The van der Waals surface area contributed by atoms with Gasteiger partial charge in [0.1, 0.15) is 5.78 Å². The minimum Gasteiger partial charge on any atom is -0.300 e. The Kier molecular flexibility index (Phi) is 4.68. The highest BCUT2D eigenvalue weighted by atomic mass is 28.3. The standard InChI is InChI=1S/C7H16OSi/c1-4-7(8)5-6-9(2)3/h9H,4-6H2,1-3H3. The molecule has 0 bridgehead atoms. The molecule has 0 unspecified atom stereocenters. The summed E-state index contributed by atoms with van der Waals surface area (Å²) in [6.45, 7) is 6.50. The smallest absolute Gasteiger partial charge is 0.132 e. The molecule has 0 heterocycles. The van der Waals surface area contributed by atoms with Crippen molar-refractivity contribution in [1.29, 1.82) is 0 Å². The van der Waals surface area contributed by atoms with Crippen LogP contribution in [0, 0.1) is 0 Å². The lowest BCUT2D eigenvalue weighted by Gasteiger charge is -1.98. The zero-order valence-corrected chi connectivity index (χ0v) is 7.76. The Balaban J connectivity index is 3.17. The predicted octanol–water partition coefficient (Wildman–Crippen LogP) is 1.84. The first-order chi connectivity index (χ1) is 4.16. The second-order valence-corrected chi connectivity index (χ2v) is 6.19. The van der Waals surface area contributed by atoms with Crippen molar-refractivity contribution < 1.29 is 4.79 Å². The van der Waals surface area contributed by atoms with Crippen LogP contribution in [0.25, 0.3) is 0 Å². The van der Waals surface area contributed by atoms with Crippen LogP contribution in [-0.2, 0) is 4.79 Å². The fourth-order valence-electron chi connectivity index (χ4n) is 0.626. The molecule has 0 aliphatic rings.